The van der Waals surface area contributed by atoms with Gasteiger partial charge in [-0.05, 0) is 11.6 Å². The molecule has 0 aliphatic carbocycles. The Morgan fingerprint density at radius 1 is 1.53 bits per heavy atom. The van der Waals surface area contributed by atoms with Gasteiger partial charge in [0.05, 0.1) is 0 Å². The number of nitrogens with zero attached hydrogens (tertiary/aromatic N) is 4. The highest BCUT2D eigenvalue weighted by Gasteiger charge is 2.12. The molecule has 0 fully saturated rings. The third kappa shape index (κ3) is 2.07. The molecule has 0 saturated heterocycles. The van der Waals surface area contributed by atoms with Gasteiger partial charge in [0, 0.05) is 25.9 Å². The maximum absolute atomic E-state index is 11.7. The number of carbonyl (C=O) groups excluding carboxylic acids is 1. The van der Waals surface area contributed by atoms with E-state index < -0.39 is 0 Å². The summed E-state index contributed by atoms with van der Waals surface area (Å²) < 4.78 is 1.47. The molecule has 0 N–H and O–H groups in total. The van der Waals surface area contributed by atoms with E-state index in [4.69, 9.17) is 0 Å². The summed E-state index contributed by atoms with van der Waals surface area (Å²) in [6, 6.07) is 3.67. The second-order valence-electron chi connectivity index (χ2n) is 3.17. The number of ketones is 1. The monoisotopic (exact) mass is 202 g/mol. The van der Waals surface area contributed by atoms with Gasteiger partial charge in [0.2, 0.25) is 5.78 Å². The zero-order chi connectivity index (χ0) is 10.7. The van der Waals surface area contributed by atoms with Crippen LogP contribution in [-0.4, -0.2) is 25.5 Å². The lowest BCUT2D eigenvalue weighted by Gasteiger charge is -1.99. The fraction of sp³-hybridized carbons (Fsp3) is 0.200. The molecule has 2 heterocycles. The number of hydrogen-bond acceptors (Lipinski definition) is 4. The standard InChI is InChI=1S/C10H10N4O/c1-14-10(12-7-13-14)9(15)5-8-3-2-4-11-6-8/h2-4,6-7H,5H2,1H3. The van der Waals surface area contributed by atoms with Crippen molar-refractivity contribution in [3.05, 3.63) is 42.2 Å². The van der Waals surface area contributed by atoms with Crippen molar-refractivity contribution < 1.29 is 4.79 Å². The van der Waals surface area contributed by atoms with Gasteiger partial charge in [-0.25, -0.2) is 9.67 Å². The number of hydrogen-bond donors (Lipinski definition) is 0. The maximum atomic E-state index is 11.7. The number of rotatable bonds is 3. The molecular weight excluding hydrogens is 192 g/mol. The van der Waals surface area contributed by atoms with Crippen molar-refractivity contribution in [1.29, 1.82) is 0 Å². The predicted octanol–water partition coefficient (Wildman–Crippen LogP) is 0.636. The second-order valence-corrected chi connectivity index (χ2v) is 3.17. The second kappa shape index (κ2) is 4.00. The Kier molecular flexibility index (Phi) is 2.53. The molecule has 0 unspecified atom stereocenters. The normalized spacial score (nSPS) is 10.2. The smallest absolute Gasteiger partial charge is 0.204 e. The summed E-state index contributed by atoms with van der Waals surface area (Å²) in [6.07, 6.45) is 5.03. The van der Waals surface area contributed by atoms with Gasteiger partial charge in [0.1, 0.15) is 6.33 Å². The van der Waals surface area contributed by atoms with E-state index in [1.807, 2.05) is 6.07 Å². The summed E-state index contributed by atoms with van der Waals surface area (Å²) in [7, 11) is 1.70. The van der Waals surface area contributed by atoms with Gasteiger partial charge in [-0.15, -0.1) is 0 Å². The van der Waals surface area contributed by atoms with Crippen molar-refractivity contribution in [3.8, 4) is 0 Å². The summed E-state index contributed by atoms with van der Waals surface area (Å²) in [6.45, 7) is 0. The first kappa shape index (κ1) is 9.51. The molecule has 2 aromatic heterocycles. The van der Waals surface area contributed by atoms with Crippen LogP contribution in [0.2, 0.25) is 0 Å². The Balaban J connectivity index is 2.15. The molecule has 0 atom stereocenters. The minimum Gasteiger partial charge on any atom is -0.290 e. The van der Waals surface area contributed by atoms with Crippen LogP contribution in [0.5, 0.6) is 0 Å². The largest absolute Gasteiger partial charge is 0.290 e. The molecule has 0 spiro atoms. The van der Waals surface area contributed by atoms with Crippen LogP contribution in [0, 0.1) is 0 Å². The molecule has 76 valence electrons. The van der Waals surface area contributed by atoms with Crippen molar-refractivity contribution >= 4 is 5.78 Å². The first-order valence-corrected chi connectivity index (χ1v) is 4.53. The first-order valence-electron chi connectivity index (χ1n) is 4.53. The lowest BCUT2D eigenvalue weighted by molar-refractivity contribution is 0.0979. The molecule has 0 saturated carbocycles. The summed E-state index contributed by atoms with van der Waals surface area (Å²) in [4.78, 5) is 19.6. The van der Waals surface area contributed by atoms with Crippen molar-refractivity contribution in [2.24, 2.45) is 7.05 Å². The zero-order valence-corrected chi connectivity index (χ0v) is 8.29. The SMILES string of the molecule is Cn1ncnc1C(=O)Cc1cccnc1. The Labute approximate surface area is 86.8 Å². The van der Waals surface area contributed by atoms with Crippen LogP contribution >= 0.6 is 0 Å². The highest BCUT2D eigenvalue weighted by atomic mass is 16.1. The van der Waals surface area contributed by atoms with Crippen LogP contribution in [0.4, 0.5) is 0 Å². The van der Waals surface area contributed by atoms with Crippen LogP contribution in [0.1, 0.15) is 16.2 Å². The van der Waals surface area contributed by atoms with Gasteiger partial charge in [0.15, 0.2) is 5.82 Å². The summed E-state index contributed by atoms with van der Waals surface area (Å²) in [5.41, 5.74) is 0.880. The van der Waals surface area contributed by atoms with Crippen LogP contribution in [-0.2, 0) is 13.5 Å². The van der Waals surface area contributed by atoms with Gasteiger partial charge >= 0.3 is 0 Å². The molecule has 5 heteroatoms. The van der Waals surface area contributed by atoms with Crippen LogP contribution in [0.15, 0.2) is 30.9 Å². The van der Waals surface area contributed by atoms with Gasteiger partial charge < -0.3 is 0 Å². The molecule has 5 nitrogen and oxygen atoms in total. The van der Waals surface area contributed by atoms with Crippen molar-refractivity contribution in [2.75, 3.05) is 0 Å². The van der Waals surface area contributed by atoms with E-state index in [-0.39, 0.29) is 5.78 Å². The van der Waals surface area contributed by atoms with E-state index in [9.17, 15) is 4.79 Å². The topological polar surface area (TPSA) is 60.7 Å². The number of pyridine rings is 1. The minimum absolute atomic E-state index is 0.0528. The fourth-order valence-electron chi connectivity index (χ4n) is 1.32. The van der Waals surface area contributed by atoms with E-state index in [0.717, 1.165) is 5.56 Å². The van der Waals surface area contributed by atoms with E-state index in [0.29, 0.717) is 12.2 Å². The van der Waals surface area contributed by atoms with E-state index in [2.05, 4.69) is 15.1 Å². The number of carbonyl (C=O) groups is 1. The third-order valence-electron chi connectivity index (χ3n) is 2.05. The molecule has 0 aromatic carbocycles. The Morgan fingerprint density at radius 2 is 2.40 bits per heavy atom. The first-order chi connectivity index (χ1) is 7.27. The average Bonchev–Trinajstić information content (AvgIpc) is 2.66. The molecule has 0 amide bonds. The maximum Gasteiger partial charge on any atom is 0.204 e. The number of Topliss-reactive ketones (excluding diaryl/α,β-unsaturated/α-hetero) is 1. The van der Waals surface area contributed by atoms with Gasteiger partial charge in [-0.1, -0.05) is 6.07 Å². The number of aromatic nitrogens is 4. The van der Waals surface area contributed by atoms with Crippen LogP contribution in [0.3, 0.4) is 0 Å². The predicted molar refractivity (Wildman–Crippen MR) is 53.3 cm³/mol. The van der Waals surface area contributed by atoms with Crippen molar-refractivity contribution in [2.45, 2.75) is 6.42 Å². The van der Waals surface area contributed by atoms with E-state index in [1.54, 1.807) is 25.5 Å². The molecular formula is C10H10N4O. The van der Waals surface area contributed by atoms with Crippen LogP contribution in [0.25, 0.3) is 0 Å². The van der Waals surface area contributed by atoms with Gasteiger partial charge in [0.25, 0.3) is 0 Å². The van der Waals surface area contributed by atoms with Gasteiger partial charge in [-0.2, -0.15) is 5.10 Å². The molecule has 0 aliphatic rings. The third-order valence-corrected chi connectivity index (χ3v) is 2.05. The molecule has 0 bridgehead atoms. The lowest BCUT2D eigenvalue weighted by atomic mass is 10.1. The highest BCUT2D eigenvalue weighted by Crippen LogP contribution is 2.02. The molecule has 0 aliphatic heterocycles. The van der Waals surface area contributed by atoms with E-state index in [1.165, 1.54) is 11.0 Å². The summed E-state index contributed by atoms with van der Waals surface area (Å²) >= 11 is 0. The summed E-state index contributed by atoms with van der Waals surface area (Å²) in [5, 5.41) is 3.85. The zero-order valence-electron chi connectivity index (χ0n) is 8.29. The lowest BCUT2D eigenvalue weighted by Crippen LogP contribution is -2.11. The van der Waals surface area contributed by atoms with Gasteiger partial charge in [-0.3, -0.25) is 9.78 Å². The van der Waals surface area contributed by atoms with E-state index >= 15 is 0 Å². The Morgan fingerprint density at radius 3 is 3.00 bits per heavy atom. The molecule has 2 rings (SSSR count). The van der Waals surface area contributed by atoms with Crippen molar-refractivity contribution in [3.63, 3.8) is 0 Å². The molecule has 15 heavy (non-hydrogen) atoms. The van der Waals surface area contributed by atoms with Crippen molar-refractivity contribution in [1.82, 2.24) is 19.7 Å². The average molecular weight is 202 g/mol. The highest BCUT2D eigenvalue weighted by molar-refractivity contribution is 5.94. The number of aryl methyl sites for hydroxylation is 1. The quantitative estimate of drug-likeness (QED) is 0.685. The summed E-state index contributed by atoms with van der Waals surface area (Å²) in [5.74, 6) is 0.321. The Bertz CT molecular complexity index is 463. The molecule has 2 aromatic rings. The fourth-order valence-corrected chi connectivity index (χ4v) is 1.32. The molecule has 0 radical (unpaired) electrons. The minimum atomic E-state index is -0.0528. The van der Waals surface area contributed by atoms with Crippen LogP contribution < -0.4 is 0 Å². The Hall–Kier alpha value is -2.04.